The van der Waals surface area contributed by atoms with Crippen molar-refractivity contribution in [3.63, 3.8) is 0 Å². The molecule has 2 N–H and O–H groups in total. The Morgan fingerprint density at radius 1 is 1.48 bits per heavy atom. The van der Waals surface area contributed by atoms with Gasteiger partial charge in [-0.2, -0.15) is 16.7 Å². The zero-order valence-electron chi connectivity index (χ0n) is 11.2. The quantitative estimate of drug-likeness (QED) is 0.843. The summed E-state index contributed by atoms with van der Waals surface area (Å²) >= 11 is 7.33. The summed E-state index contributed by atoms with van der Waals surface area (Å²) in [7, 11) is 0. The van der Waals surface area contributed by atoms with Gasteiger partial charge in [0.25, 0.3) is 5.91 Å². The van der Waals surface area contributed by atoms with Crippen molar-refractivity contribution in [1.82, 2.24) is 15.5 Å². The highest BCUT2D eigenvalue weighted by atomic mass is 35.5. The Hall–Kier alpha value is -1.57. The molecule has 2 rings (SSSR count). The first kappa shape index (κ1) is 15.8. The Morgan fingerprint density at radius 3 is 2.86 bits per heavy atom. The van der Waals surface area contributed by atoms with E-state index in [9.17, 15) is 9.90 Å². The van der Waals surface area contributed by atoms with Crippen molar-refractivity contribution in [1.29, 1.82) is 0 Å². The summed E-state index contributed by atoms with van der Waals surface area (Å²) in [4.78, 5) is 15.9. The molecule has 1 aromatic heterocycles. The van der Waals surface area contributed by atoms with E-state index >= 15 is 0 Å². The summed E-state index contributed by atoms with van der Waals surface area (Å²) < 4.78 is 4.98. The molecule has 0 aliphatic carbocycles. The molecule has 0 spiro atoms. The van der Waals surface area contributed by atoms with E-state index in [0.717, 1.165) is 0 Å². The molecule has 0 aliphatic rings. The van der Waals surface area contributed by atoms with E-state index in [2.05, 4.69) is 15.5 Å². The number of benzene rings is 1. The maximum Gasteiger partial charge on any atom is 0.253 e. The molecule has 1 amide bonds. The van der Waals surface area contributed by atoms with Gasteiger partial charge in [0.05, 0.1) is 12.3 Å². The Labute approximate surface area is 130 Å². The SMILES string of the molecule is CSCc1noc(CNC(=O)C(O)c2ccc(Cl)cc2)n1. The van der Waals surface area contributed by atoms with E-state index in [1.807, 2.05) is 6.26 Å². The first-order valence-corrected chi connectivity index (χ1v) is 7.89. The largest absolute Gasteiger partial charge is 0.378 e. The molecule has 1 atom stereocenters. The number of nitrogens with one attached hydrogen (secondary N) is 1. The van der Waals surface area contributed by atoms with Crippen LogP contribution in [0.4, 0.5) is 0 Å². The van der Waals surface area contributed by atoms with Crippen molar-refractivity contribution in [3.05, 3.63) is 46.6 Å². The first-order valence-electron chi connectivity index (χ1n) is 6.12. The van der Waals surface area contributed by atoms with Crippen LogP contribution in [0.15, 0.2) is 28.8 Å². The molecule has 8 heteroatoms. The van der Waals surface area contributed by atoms with Crippen LogP contribution >= 0.6 is 23.4 Å². The van der Waals surface area contributed by atoms with Gasteiger partial charge in [-0.05, 0) is 24.0 Å². The molecule has 1 aromatic carbocycles. The normalized spacial score (nSPS) is 12.1. The van der Waals surface area contributed by atoms with E-state index in [4.69, 9.17) is 16.1 Å². The van der Waals surface area contributed by atoms with Gasteiger partial charge >= 0.3 is 0 Å². The molecule has 0 saturated carbocycles. The molecule has 0 radical (unpaired) electrons. The highest BCUT2D eigenvalue weighted by Gasteiger charge is 2.18. The molecule has 0 fully saturated rings. The van der Waals surface area contributed by atoms with Gasteiger partial charge in [-0.1, -0.05) is 28.9 Å². The Bertz CT molecular complexity index is 603. The lowest BCUT2D eigenvalue weighted by molar-refractivity contribution is -0.129. The lowest BCUT2D eigenvalue weighted by Crippen LogP contribution is -2.28. The topological polar surface area (TPSA) is 88.2 Å². The van der Waals surface area contributed by atoms with Crippen LogP contribution in [0.2, 0.25) is 5.02 Å². The lowest BCUT2D eigenvalue weighted by Gasteiger charge is -2.10. The van der Waals surface area contributed by atoms with Crippen LogP contribution in [0, 0.1) is 0 Å². The number of hydrogen-bond acceptors (Lipinski definition) is 6. The van der Waals surface area contributed by atoms with Crippen LogP contribution in [0.1, 0.15) is 23.4 Å². The molecular formula is C13H14ClN3O3S. The average molecular weight is 328 g/mol. The molecule has 112 valence electrons. The summed E-state index contributed by atoms with van der Waals surface area (Å²) in [6.45, 7) is 0.0743. The number of amides is 1. The van der Waals surface area contributed by atoms with Crippen molar-refractivity contribution >= 4 is 29.3 Å². The minimum Gasteiger partial charge on any atom is -0.378 e. The monoisotopic (exact) mass is 327 g/mol. The van der Waals surface area contributed by atoms with E-state index in [1.165, 1.54) is 0 Å². The first-order chi connectivity index (χ1) is 10.1. The van der Waals surface area contributed by atoms with Gasteiger partial charge in [0, 0.05) is 5.02 Å². The number of aliphatic hydroxyl groups excluding tert-OH is 1. The maximum atomic E-state index is 11.8. The Balaban J connectivity index is 1.89. The van der Waals surface area contributed by atoms with Crippen LogP contribution in [-0.4, -0.2) is 27.4 Å². The lowest BCUT2D eigenvalue weighted by atomic mass is 10.1. The van der Waals surface area contributed by atoms with Crippen molar-refractivity contribution in [2.45, 2.75) is 18.4 Å². The Morgan fingerprint density at radius 2 is 2.19 bits per heavy atom. The molecule has 1 heterocycles. The van der Waals surface area contributed by atoms with Crippen molar-refractivity contribution in [2.75, 3.05) is 6.26 Å². The summed E-state index contributed by atoms with van der Waals surface area (Å²) in [5.41, 5.74) is 0.463. The summed E-state index contributed by atoms with van der Waals surface area (Å²) in [5, 5.41) is 16.8. The van der Waals surface area contributed by atoms with Crippen LogP contribution in [0.3, 0.4) is 0 Å². The highest BCUT2D eigenvalue weighted by molar-refractivity contribution is 7.97. The predicted octanol–water partition coefficient (Wildman–Crippen LogP) is 1.94. The number of aromatic nitrogens is 2. The number of rotatable bonds is 6. The predicted molar refractivity (Wildman–Crippen MR) is 79.8 cm³/mol. The molecule has 1 unspecified atom stereocenters. The number of aliphatic hydroxyl groups is 1. The summed E-state index contributed by atoms with van der Waals surface area (Å²) in [6, 6.07) is 6.41. The van der Waals surface area contributed by atoms with Crippen LogP contribution in [-0.2, 0) is 17.1 Å². The number of hydrogen-bond donors (Lipinski definition) is 2. The van der Waals surface area contributed by atoms with Gasteiger partial charge in [-0.15, -0.1) is 0 Å². The fourth-order valence-corrected chi connectivity index (χ4v) is 2.11. The van der Waals surface area contributed by atoms with Gasteiger partial charge in [0.1, 0.15) is 0 Å². The van der Waals surface area contributed by atoms with Gasteiger partial charge in [-0.25, -0.2) is 0 Å². The molecule has 21 heavy (non-hydrogen) atoms. The second-order valence-corrected chi connectivity index (χ2v) is 5.51. The van der Waals surface area contributed by atoms with E-state index < -0.39 is 12.0 Å². The van der Waals surface area contributed by atoms with Crippen LogP contribution in [0.25, 0.3) is 0 Å². The van der Waals surface area contributed by atoms with Gasteiger partial charge in [-0.3, -0.25) is 4.79 Å². The molecule has 6 nitrogen and oxygen atoms in total. The van der Waals surface area contributed by atoms with Crippen LogP contribution in [0.5, 0.6) is 0 Å². The molecule has 0 aliphatic heterocycles. The smallest absolute Gasteiger partial charge is 0.253 e. The second-order valence-electron chi connectivity index (χ2n) is 4.21. The van der Waals surface area contributed by atoms with Crippen molar-refractivity contribution < 1.29 is 14.4 Å². The van der Waals surface area contributed by atoms with Crippen LogP contribution < -0.4 is 5.32 Å². The van der Waals surface area contributed by atoms with Crippen molar-refractivity contribution in [3.8, 4) is 0 Å². The summed E-state index contributed by atoms with van der Waals surface area (Å²) in [5.74, 6) is 0.979. The standard InChI is InChI=1S/C13H14ClN3O3S/c1-21-7-10-16-11(20-17-10)6-15-13(19)12(18)8-2-4-9(14)5-3-8/h2-5,12,18H,6-7H2,1H3,(H,15,19). The van der Waals surface area contributed by atoms with E-state index in [-0.39, 0.29) is 6.54 Å². The van der Waals surface area contributed by atoms with Crippen molar-refractivity contribution in [2.24, 2.45) is 0 Å². The van der Waals surface area contributed by atoms with E-state index in [0.29, 0.717) is 28.1 Å². The Kier molecular flexibility index (Phi) is 5.60. The molecule has 0 bridgehead atoms. The minimum absolute atomic E-state index is 0.0743. The fourth-order valence-electron chi connectivity index (χ4n) is 1.61. The maximum absolute atomic E-state index is 11.8. The third-order valence-electron chi connectivity index (χ3n) is 2.63. The minimum atomic E-state index is -1.27. The molecule has 2 aromatic rings. The van der Waals surface area contributed by atoms with E-state index in [1.54, 1.807) is 36.0 Å². The second kappa shape index (κ2) is 7.44. The number of carbonyl (C=O) groups excluding carboxylic acids is 1. The number of halogens is 1. The van der Waals surface area contributed by atoms with Gasteiger partial charge < -0.3 is 14.9 Å². The zero-order valence-corrected chi connectivity index (χ0v) is 12.8. The zero-order chi connectivity index (χ0) is 15.2. The summed E-state index contributed by atoms with van der Waals surface area (Å²) in [6.07, 6.45) is 0.663. The molecular weight excluding hydrogens is 314 g/mol. The number of carbonyl (C=O) groups is 1. The number of nitrogens with zero attached hydrogens (tertiary/aromatic N) is 2. The molecule has 0 saturated heterocycles. The highest BCUT2D eigenvalue weighted by Crippen LogP contribution is 2.16. The third kappa shape index (κ3) is 4.45. The van der Waals surface area contributed by atoms with Gasteiger partial charge in [0.2, 0.25) is 5.89 Å². The van der Waals surface area contributed by atoms with Gasteiger partial charge in [0.15, 0.2) is 11.9 Å². The third-order valence-corrected chi connectivity index (χ3v) is 3.43. The fraction of sp³-hybridized carbons (Fsp3) is 0.308. The number of thioether (sulfide) groups is 1. The average Bonchev–Trinajstić information content (AvgIpc) is 2.93.